The molecule has 0 bridgehead atoms. The van der Waals surface area contributed by atoms with Gasteiger partial charge < -0.3 is 0 Å². The highest BCUT2D eigenvalue weighted by Crippen LogP contribution is 2.59. The van der Waals surface area contributed by atoms with Crippen LogP contribution in [-0.4, -0.2) is 50.3 Å². The number of hydrogen-bond donors (Lipinski definition) is 1. The van der Waals surface area contributed by atoms with Gasteiger partial charge in [0, 0.05) is 30.7 Å². The number of nitrogens with one attached hydrogen (secondary N) is 1. The summed E-state index contributed by atoms with van der Waals surface area (Å²) in [6.07, 6.45) is 5.36. The normalized spacial score (nSPS) is 15.9. The molecule has 0 aromatic heterocycles. The van der Waals surface area contributed by atoms with Crippen molar-refractivity contribution in [2.24, 2.45) is 0 Å². The third-order valence-electron chi connectivity index (χ3n) is 3.59. The predicted octanol–water partition coefficient (Wildman–Crippen LogP) is 3.30. The van der Waals surface area contributed by atoms with Crippen LogP contribution in [0.4, 0.5) is 0 Å². The highest BCUT2D eigenvalue weighted by molar-refractivity contribution is 8.57. The molecule has 0 rings (SSSR count). The molecule has 0 saturated heterocycles. The largest absolute Gasteiger partial charge is 0.294 e. The van der Waals surface area contributed by atoms with Crippen LogP contribution in [0.5, 0.6) is 0 Å². The molecule has 0 fully saturated rings. The third-order valence-corrected chi connectivity index (χ3v) is 10.4. The Balaban J connectivity index is 4.25. The van der Waals surface area contributed by atoms with E-state index in [2.05, 4.69) is 5.09 Å². The van der Waals surface area contributed by atoms with Crippen LogP contribution in [0.3, 0.4) is 0 Å². The minimum absolute atomic E-state index is 0.137. The van der Waals surface area contributed by atoms with Gasteiger partial charge in [-0.2, -0.15) is 0 Å². The summed E-state index contributed by atoms with van der Waals surface area (Å²) in [6.45, 7) is 1.09. The molecule has 0 spiro atoms. The van der Waals surface area contributed by atoms with Gasteiger partial charge in [-0.25, -0.2) is 13.5 Å². The molecule has 9 heteroatoms. The van der Waals surface area contributed by atoms with Gasteiger partial charge in [-0.05, 0) is 26.3 Å². The lowest BCUT2D eigenvalue weighted by molar-refractivity contribution is -0.125. The van der Waals surface area contributed by atoms with E-state index in [1.807, 2.05) is 13.8 Å². The Morgan fingerprint density at radius 3 is 2.30 bits per heavy atom. The number of rotatable bonds is 12. The molecule has 1 N–H and O–H groups in total. The van der Waals surface area contributed by atoms with Crippen LogP contribution in [0.1, 0.15) is 52.4 Å². The van der Waals surface area contributed by atoms with Gasteiger partial charge in [0.2, 0.25) is 5.91 Å². The fourth-order valence-corrected chi connectivity index (χ4v) is 7.12. The molecule has 0 aliphatic rings. The summed E-state index contributed by atoms with van der Waals surface area (Å²) in [7, 11) is 0.297. The van der Waals surface area contributed by atoms with Crippen LogP contribution in [-0.2, 0) is 19.2 Å². The van der Waals surface area contributed by atoms with Gasteiger partial charge in [-0.15, -0.1) is 0 Å². The number of nitrogens with zero attached hydrogens (tertiary/aromatic N) is 1. The maximum absolute atomic E-state index is 12.8. The fraction of sp³-hybridized carbons (Fsp3) is 0.929. The zero-order valence-corrected chi connectivity index (χ0v) is 17.4. The van der Waals surface area contributed by atoms with Crippen LogP contribution < -0.4 is 5.09 Å². The smallest absolute Gasteiger partial charge is 0.276 e. The highest BCUT2D eigenvalue weighted by Gasteiger charge is 2.31. The zero-order valence-electron chi connectivity index (χ0n) is 14.9. The standard InChI is InChI=1S/C14H31N2O4PS2/c1-6-13(2)22-21(18,15-3)16(4)14(17)11-9-7-8-10-12-23(5,19)20/h13H,6-12H2,1-5H3,(H,15,18). The molecule has 138 valence electrons. The fourth-order valence-electron chi connectivity index (χ4n) is 1.89. The monoisotopic (exact) mass is 386 g/mol. The zero-order chi connectivity index (χ0) is 18.1. The summed E-state index contributed by atoms with van der Waals surface area (Å²) >= 11 is 1.32. The maximum atomic E-state index is 12.8. The van der Waals surface area contributed by atoms with Crippen LogP contribution >= 0.6 is 18.0 Å². The van der Waals surface area contributed by atoms with Crippen molar-refractivity contribution in [1.29, 1.82) is 0 Å². The van der Waals surface area contributed by atoms with E-state index in [1.165, 1.54) is 22.3 Å². The molecule has 2 unspecified atom stereocenters. The van der Waals surface area contributed by atoms with Crippen molar-refractivity contribution in [2.75, 3.05) is 26.1 Å². The minimum Gasteiger partial charge on any atom is -0.276 e. The molecular weight excluding hydrogens is 355 g/mol. The van der Waals surface area contributed by atoms with E-state index in [0.717, 1.165) is 19.3 Å². The molecule has 2 atom stereocenters. The SMILES string of the molecule is CCC(C)SP(=O)(NC)N(C)C(=O)CCCCCCS(C)(=O)=O. The Bertz CT molecular complexity index is 511. The van der Waals surface area contributed by atoms with E-state index in [1.54, 1.807) is 14.1 Å². The van der Waals surface area contributed by atoms with E-state index < -0.39 is 16.5 Å². The molecule has 0 radical (unpaired) electrons. The highest BCUT2D eigenvalue weighted by atomic mass is 32.7. The van der Waals surface area contributed by atoms with E-state index in [0.29, 0.717) is 19.3 Å². The summed E-state index contributed by atoms with van der Waals surface area (Å²) in [5.74, 6) is 0.0584. The summed E-state index contributed by atoms with van der Waals surface area (Å²) in [4.78, 5) is 12.2. The number of amides is 1. The second-order valence-corrected chi connectivity index (χ2v) is 13.3. The maximum Gasteiger partial charge on any atom is 0.294 e. The molecule has 0 aromatic rings. The molecule has 0 heterocycles. The Morgan fingerprint density at radius 1 is 1.26 bits per heavy atom. The van der Waals surface area contributed by atoms with Crippen LogP contribution in [0.25, 0.3) is 0 Å². The van der Waals surface area contributed by atoms with Crippen LogP contribution in [0.2, 0.25) is 0 Å². The second-order valence-electron chi connectivity index (χ2n) is 5.78. The lowest BCUT2D eigenvalue weighted by atomic mass is 10.1. The molecular formula is C14H31N2O4PS2. The van der Waals surface area contributed by atoms with Crippen molar-refractivity contribution < 1.29 is 17.8 Å². The summed E-state index contributed by atoms with van der Waals surface area (Å²) in [5, 5.41) is 3.02. The molecule has 0 aromatic carbocycles. The summed E-state index contributed by atoms with van der Waals surface area (Å²) < 4.78 is 36.2. The first-order valence-electron chi connectivity index (χ1n) is 7.98. The van der Waals surface area contributed by atoms with Crippen LogP contribution in [0.15, 0.2) is 0 Å². The minimum atomic E-state index is -2.93. The molecule has 23 heavy (non-hydrogen) atoms. The first kappa shape index (κ1) is 23.0. The number of hydrogen-bond acceptors (Lipinski definition) is 5. The molecule has 6 nitrogen and oxygen atoms in total. The number of sulfone groups is 1. The van der Waals surface area contributed by atoms with E-state index in [4.69, 9.17) is 0 Å². The van der Waals surface area contributed by atoms with Crippen molar-refractivity contribution in [1.82, 2.24) is 9.76 Å². The summed E-state index contributed by atoms with van der Waals surface area (Å²) in [5.41, 5.74) is 0. The van der Waals surface area contributed by atoms with E-state index >= 15 is 0 Å². The van der Waals surface area contributed by atoms with Crippen molar-refractivity contribution in [3.8, 4) is 0 Å². The van der Waals surface area contributed by atoms with E-state index in [9.17, 15) is 17.8 Å². The molecule has 0 aliphatic carbocycles. The molecule has 0 aliphatic heterocycles. The Kier molecular flexibility index (Phi) is 10.7. The molecule has 1 amide bonds. The van der Waals surface area contributed by atoms with Gasteiger partial charge in [0.25, 0.3) is 6.65 Å². The Hall–Kier alpha value is -0.0400. The first-order valence-corrected chi connectivity index (χ1v) is 13.2. The number of carbonyl (C=O) groups is 1. The lowest BCUT2D eigenvalue weighted by Gasteiger charge is -2.28. The van der Waals surface area contributed by atoms with Crippen molar-refractivity contribution in [2.45, 2.75) is 57.6 Å². The number of carbonyl (C=O) groups excluding carboxylic acids is 1. The Morgan fingerprint density at radius 2 is 1.83 bits per heavy atom. The van der Waals surface area contributed by atoms with Gasteiger partial charge in [0.15, 0.2) is 0 Å². The molecule has 0 saturated carbocycles. The topological polar surface area (TPSA) is 83.6 Å². The van der Waals surface area contributed by atoms with Gasteiger partial charge in [-0.1, -0.05) is 38.1 Å². The first-order chi connectivity index (χ1) is 10.6. The number of unbranched alkanes of at least 4 members (excludes halogenated alkanes) is 3. The predicted molar refractivity (Wildman–Crippen MR) is 99.6 cm³/mol. The third kappa shape index (κ3) is 9.75. The second kappa shape index (κ2) is 10.7. The summed E-state index contributed by atoms with van der Waals surface area (Å²) in [6, 6.07) is 0. The van der Waals surface area contributed by atoms with E-state index in [-0.39, 0.29) is 16.9 Å². The Labute approximate surface area is 145 Å². The quantitative estimate of drug-likeness (QED) is 0.409. The average Bonchev–Trinajstić information content (AvgIpc) is 2.48. The van der Waals surface area contributed by atoms with Gasteiger partial charge in [0.05, 0.1) is 0 Å². The van der Waals surface area contributed by atoms with Crippen molar-refractivity contribution in [3.63, 3.8) is 0 Å². The average molecular weight is 387 g/mol. The lowest BCUT2D eigenvalue weighted by Crippen LogP contribution is -2.28. The van der Waals surface area contributed by atoms with Gasteiger partial charge >= 0.3 is 0 Å². The van der Waals surface area contributed by atoms with Crippen molar-refractivity contribution >= 4 is 33.8 Å². The van der Waals surface area contributed by atoms with Gasteiger partial charge in [-0.3, -0.25) is 14.0 Å². The van der Waals surface area contributed by atoms with Crippen LogP contribution in [0, 0.1) is 0 Å². The van der Waals surface area contributed by atoms with Crippen molar-refractivity contribution in [3.05, 3.63) is 0 Å². The van der Waals surface area contributed by atoms with Gasteiger partial charge in [0.1, 0.15) is 9.84 Å².